The molecule has 126 valence electrons. The summed E-state index contributed by atoms with van der Waals surface area (Å²) in [5.74, 6) is 1.57. The van der Waals surface area contributed by atoms with Crippen LogP contribution in [-0.2, 0) is 13.0 Å². The normalized spacial score (nSPS) is 30.5. The van der Waals surface area contributed by atoms with Crippen molar-refractivity contribution in [3.63, 3.8) is 0 Å². The minimum Gasteiger partial charge on any atom is -0.469 e. The molecule has 3 fully saturated rings. The van der Waals surface area contributed by atoms with Gasteiger partial charge in [0.15, 0.2) is 0 Å². The highest BCUT2D eigenvalue weighted by Crippen LogP contribution is 2.46. The van der Waals surface area contributed by atoms with Crippen molar-refractivity contribution in [2.75, 3.05) is 26.7 Å². The molecule has 4 aliphatic heterocycles. The number of aromatic nitrogens is 1. The zero-order valence-corrected chi connectivity index (χ0v) is 14.9. The van der Waals surface area contributed by atoms with Crippen LogP contribution in [0.2, 0.25) is 0 Å². The average Bonchev–Trinajstić information content (AvgIpc) is 3.19. The standard InChI is InChI=1S/C19H23N3OS/c1-20-11-16-2-3-17(24-16)14-8-13-9-19(23-18(13)21-10-14)12-22-6-4-15(19)5-7-22/h2-3,8,10,15,20H,4-7,9,11-12H2,1H3. The Morgan fingerprint density at radius 2 is 2.25 bits per heavy atom. The van der Waals surface area contributed by atoms with Gasteiger partial charge in [0.1, 0.15) is 5.60 Å². The second kappa shape index (κ2) is 5.55. The number of nitrogens with one attached hydrogen (secondary N) is 1. The minimum absolute atomic E-state index is 0.00278. The van der Waals surface area contributed by atoms with Gasteiger partial charge in [0.2, 0.25) is 5.88 Å². The van der Waals surface area contributed by atoms with E-state index < -0.39 is 0 Å². The first-order chi connectivity index (χ1) is 11.8. The first kappa shape index (κ1) is 14.9. The van der Waals surface area contributed by atoms with Crippen LogP contribution in [-0.4, -0.2) is 42.2 Å². The van der Waals surface area contributed by atoms with Crippen molar-refractivity contribution >= 4 is 11.3 Å². The molecular formula is C19H23N3OS. The lowest BCUT2D eigenvalue weighted by Gasteiger charge is -2.50. The Bertz CT molecular complexity index is 766. The summed E-state index contributed by atoms with van der Waals surface area (Å²) in [6.45, 7) is 4.49. The molecule has 6 rings (SSSR count). The molecule has 3 saturated heterocycles. The molecule has 0 aromatic carbocycles. The minimum atomic E-state index is -0.00278. The summed E-state index contributed by atoms with van der Waals surface area (Å²) in [7, 11) is 1.99. The quantitative estimate of drug-likeness (QED) is 0.931. The van der Waals surface area contributed by atoms with Crippen LogP contribution in [0, 0.1) is 5.92 Å². The summed E-state index contributed by atoms with van der Waals surface area (Å²) in [6.07, 6.45) is 5.56. The van der Waals surface area contributed by atoms with Gasteiger partial charge in [0.05, 0.1) is 0 Å². The lowest BCUT2D eigenvalue weighted by atomic mass is 9.73. The number of pyridine rings is 1. The fourth-order valence-corrected chi connectivity index (χ4v) is 5.65. The lowest BCUT2D eigenvalue weighted by Crippen LogP contribution is -2.61. The number of ether oxygens (including phenoxy) is 1. The number of hydrogen-bond donors (Lipinski definition) is 1. The van der Waals surface area contributed by atoms with Crippen molar-refractivity contribution < 1.29 is 4.74 Å². The van der Waals surface area contributed by atoms with E-state index in [-0.39, 0.29) is 5.60 Å². The van der Waals surface area contributed by atoms with Gasteiger partial charge >= 0.3 is 0 Å². The van der Waals surface area contributed by atoms with Gasteiger partial charge in [-0.15, -0.1) is 11.3 Å². The maximum atomic E-state index is 6.44. The average molecular weight is 341 g/mol. The molecular weight excluding hydrogens is 318 g/mol. The van der Waals surface area contributed by atoms with Gasteiger partial charge in [-0.3, -0.25) is 4.90 Å². The second-order valence-electron chi connectivity index (χ2n) is 7.38. The number of rotatable bonds is 3. The number of thiophene rings is 1. The number of nitrogens with zero attached hydrogens (tertiary/aromatic N) is 2. The van der Waals surface area contributed by atoms with Crippen molar-refractivity contribution in [1.82, 2.24) is 15.2 Å². The summed E-state index contributed by atoms with van der Waals surface area (Å²) in [4.78, 5) is 9.90. The molecule has 2 bridgehead atoms. The Hall–Kier alpha value is -1.43. The third kappa shape index (κ3) is 2.30. The van der Waals surface area contributed by atoms with Gasteiger partial charge in [-0.2, -0.15) is 0 Å². The molecule has 4 aliphatic rings. The molecule has 1 atom stereocenters. The van der Waals surface area contributed by atoms with Crippen LogP contribution >= 0.6 is 11.3 Å². The maximum absolute atomic E-state index is 6.44. The van der Waals surface area contributed by atoms with Gasteiger partial charge in [0.25, 0.3) is 0 Å². The van der Waals surface area contributed by atoms with Crippen LogP contribution in [0.15, 0.2) is 24.4 Å². The predicted octanol–water partition coefficient (Wildman–Crippen LogP) is 2.93. The Labute approximate surface area is 146 Å². The predicted molar refractivity (Wildman–Crippen MR) is 96.5 cm³/mol. The van der Waals surface area contributed by atoms with E-state index in [2.05, 4.69) is 33.4 Å². The molecule has 0 aliphatic carbocycles. The molecule has 0 amide bonds. The van der Waals surface area contributed by atoms with Crippen molar-refractivity contribution in [3.8, 4) is 16.3 Å². The van der Waals surface area contributed by atoms with Crippen LogP contribution < -0.4 is 10.1 Å². The van der Waals surface area contributed by atoms with Gasteiger partial charge in [-0.25, -0.2) is 4.98 Å². The molecule has 0 saturated carbocycles. The van der Waals surface area contributed by atoms with Crippen LogP contribution in [0.1, 0.15) is 23.3 Å². The zero-order valence-electron chi connectivity index (χ0n) is 14.0. The van der Waals surface area contributed by atoms with E-state index in [4.69, 9.17) is 4.74 Å². The highest BCUT2D eigenvalue weighted by Gasteiger charge is 2.52. The van der Waals surface area contributed by atoms with E-state index in [9.17, 15) is 0 Å². The van der Waals surface area contributed by atoms with E-state index in [0.717, 1.165) is 25.4 Å². The van der Waals surface area contributed by atoms with Gasteiger partial charge in [-0.1, -0.05) is 0 Å². The molecule has 1 unspecified atom stereocenters. The Kier molecular flexibility index (Phi) is 3.44. The smallest absolute Gasteiger partial charge is 0.217 e. The summed E-state index contributed by atoms with van der Waals surface area (Å²) < 4.78 is 6.44. The topological polar surface area (TPSA) is 37.4 Å². The number of fused-ring (bicyclic) bond motifs is 3. The molecule has 5 heteroatoms. The Morgan fingerprint density at radius 3 is 3.00 bits per heavy atom. The van der Waals surface area contributed by atoms with Crippen LogP contribution in [0.5, 0.6) is 5.88 Å². The first-order valence-corrected chi connectivity index (χ1v) is 9.71. The highest BCUT2D eigenvalue weighted by atomic mass is 32.1. The fraction of sp³-hybridized carbons (Fsp3) is 0.526. The van der Waals surface area contributed by atoms with Gasteiger partial charge < -0.3 is 10.1 Å². The summed E-state index contributed by atoms with van der Waals surface area (Å²) in [5, 5.41) is 3.21. The molecule has 4 nitrogen and oxygen atoms in total. The number of piperidine rings is 3. The van der Waals surface area contributed by atoms with E-state index in [1.165, 1.54) is 46.8 Å². The summed E-state index contributed by atoms with van der Waals surface area (Å²) in [5.41, 5.74) is 2.52. The van der Waals surface area contributed by atoms with Crippen LogP contribution in [0.25, 0.3) is 10.4 Å². The first-order valence-electron chi connectivity index (χ1n) is 8.90. The van der Waals surface area contributed by atoms with Crippen molar-refractivity contribution in [1.29, 1.82) is 0 Å². The lowest BCUT2D eigenvalue weighted by molar-refractivity contribution is -0.0814. The third-order valence-electron chi connectivity index (χ3n) is 5.83. The largest absolute Gasteiger partial charge is 0.469 e. The monoisotopic (exact) mass is 341 g/mol. The summed E-state index contributed by atoms with van der Waals surface area (Å²) in [6, 6.07) is 6.72. The van der Waals surface area contributed by atoms with Gasteiger partial charge in [0, 0.05) is 52.5 Å². The highest BCUT2D eigenvalue weighted by molar-refractivity contribution is 7.15. The zero-order chi connectivity index (χ0) is 16.1. The number of hydrogen-bond acceptors (Lipinski definition) is 5. The molecule has 2 aromatic heterocycles. The van der Waals surface area contributed by atoms with Crippen LogP contribution in [0.4, 0.5) is 0 Å². The maximum Gasteiger partial charge on any atom is 0.217 e. The Morgan fingerprint density at radius 1 is 1.38 bits per heavy atom. The van der Waals surface area contributed by atoms with E-state index in [1.54, 1.807) is 0 Å². The SMILES string of the molecule is CNCc1ccc(-c2cnc3c(c2)CC2(CN4CCC2CC4)O3)s1. The molecule has 1 N–H and O–H groups in total. The molecule has 2 aromatic rings. The van der Waals surface area contributed by atoms with Crippen molar-refractivity contribution in [3.05, 3.63) is 34.8 Å². The fourth-order valence-electron chi connectivity index (χ4n) is 4.65. The molecule has 6 heterocycles. The van der Waals surface area contributed by atoms with Gasteiger partial charge in [-0.05, 0) is 51.2 Å². The van der Waals surface area contributed by atoms with Crippen LogP contribution in [0.3, 0.4) is 0 Å². The summed E-state index contributed by atoms with van der Waals surface area (Å²) >= 11 is 1.84. The molecule has 0 radical (unpaired) electrons. The second-order valence-corrected chi connectivity index (χ2v) is 8.55. The Balaban J connectivity index is 1.43. The van der Waals surface area contributed by atoms with Crippen molar-refractivity contribution in [2.45, 2.75) is 31.4 Å². The van der Waals surface area contributed by atoms with E-state index >= 15 is 0 Å². The molecule has 1 spiro atoms. The van der Waals surface area contributed by atoms with E-state index in [0.29, 0.717) is 5.92 Å². The molecule has 24 heavy (non-hydrogen) atoms. The van der Waals surface area contributed by atoms with Crippen molar-refractivity contribution in [2.24, 2.45) is 5.92 Å². The third-order valence-corrected chi connectivity index (χ3v) is 6.97. The van der Waals surface area contributed by atoms with E-state index in [1.807, 2.05) is 24.6 Å².